The lowest BCUT2D eigenvalue weighted by Crippen LogP contribution is -2.35. The Morgan fingerprint density at radius 1 is 1.64 bits per heavy atom. The van der Waals surface area contributed by atoms with Gasteiger partial charge in [0.1, 0.15) is 6.10 Å². The van der Waals surface area contributed by atoms with E-state index < -0.39 is 0 Å². The van der Waals surface area contributed by atoms with E-state index in [1.165, 1.54) is 0 Å². The molecule has 0 bridgehead atoms. The summed E-state index contributed by atoms with van der Waals surface area (Å²) >= 11 is 0. The summed E-state index contributed by atoms with van der Waals surface area (Å²) in [7, 11) is 0. The van der Waals surface area contributed by atoms with Crippen LogP contribution in [0.3, 0.4) is 0 Å². The zero-order valence-electron chi connectivity index (χ0n) is 8.14. The Balaban J connectivity index is 2.04. The summed E-state index contributed by atoms with van der Waals surface area (Å²) in [4.78, 5) is 10.2. The number of carbonyl (C=O) groups excluding carboxylic acids is 1. The maximum atomic E-state index is 10.2. The predicted molar refractivity (Wildman–Crippen MR) is 48.5 cm³/mol. The van der Waals surface area contributed by atoms with Crippen LogP contribution in [0, 0.1) is 5.92 Å². The van der Waals surface area contributed by atoms with Gasteiger partial charge in [0, 0.05) is 12.3 Å². The molecule has 4 nitrogen and oxygen atoms in total. The standard InChI is InChI=1S/C10H14O4/c1-6-8-4-12-7(2)14-10(8)3-9(6)13-5-11/h5,7-10H,1,3-4H2,2H3/t7-,8+,9-,10+/m1/s1. The van der Waals surface area contributed by atoms with Crippen molar-refractivity contribution in [3.63, 3.8) is 0 Å². The van der Waals surface area contributed by atoms with E-state index in [9.17, 15) is 4.79 Å². The minimum atomic E-state index is -0.198. The monoisotopic (exact) mass is 198 g/mol. The van der Waals surface area contributed by atoms with Crippen LogP contribution >= 0.6 is 0 Å². The van der Waals surface area contributed by atoms with Crippen LogP contribution in [0.5, 0.6) is 0 Å². The van der Waals surface area contributed by atoms with E-state index >= 15 is 0 Å². The highest BCUT2D eigenvalue weighted by Gasteiger charge is 2.43. The average molecular weight is 198 g/mol. The quantitative estimate of drug-likeness (QED) is 0.487. The van der Waals surface area contributed by atoms with Gasteiger partial charge in [0.25, 0.3) is 6.47 Å². The Hall–Kier alpha value is -0.870. The Morgan fingerprint density at radius 2 is 2.43 bits per heavy atom. The van der Waals surface area contributed by atoms with Crippen LogP contribution in [0.4, 0.5) is 0 Å². The van der Waals surface area contributed by atoms with Gasteiger partial charge in [-0.2, -0.15) is 0 Å². The van der Waals surface area contributed by atoms with E-state index in [1.54, 1.807) is 0 Å². The van der Waals surface area contributed by atoms with E-state index in [0.29, 0.717) is 19.5 Å². The molecule has 0 N–H and O–H groups in total. The summed E-state index contributed by atoms with van der Waals surface area (Å²) in [6.07, 6.45) is 0.433. The second kappa shape index (κ2) is 3.71. The van der Waals surface area contributed by atoms with E-state index in [2.05, 4.69) is 6.58 Å². The normalized spacial score (nSPS) is 41.9. The summed E-state index contributed by atoms with van der Waals surface area (Å²) in [5.74, 6) is 0.177. The van der Waals surface area contributed by atoms with Crippen LogP contribution in [-0.2, 0) is 19.0 Å². The van der Waals surface area contributed by atoms with Gasteiger partial charge in [-0.3, -0.25) is 4.79 Å². The maximum absolute atomic E-state index is 10.2. The maximum Gasteiger partial charge on any atom is 0.293 e. The van der Waals surface area contributed by atoms with Crippen LogP contribution in [0.25, 0.3) is 0 Å². The van der Waals surface area contributed by atoms with Crippen molar-refractivity contribution in [1.29, 1.82) is 0 Å². The molecule has 0 amide bonds. The lowest BCUT2D eigenvalue weighted by molar-refractivity contribution is -0.215. The third-order valence-corrected chi connectivity index (χ3v) is 2.88. The molecule has 14 heavy (non-hydrogen) atoms. The van der Waals surface area contributed by atoms with Gasteiger partial charge in [0.2, 0.25) is 0 Å². The second-order valence-corrected chi connectivity index (χ2v) is 3.71. The molecule has 0 aromatic carbocycles. The Bertz CT molecular complexity index is 251. The van der Waals surface area contributed by atoms with Gasteiger partial charge in [-0.1, -0.05) is 6.58 Å². The summed E-state index contributed by atoms with van der Waals surface area (Å²) in [5.41, 5.74) is 0.911. The van der Waals surface area contributed by atoms with Gasteiger partial charge in [-0.05, 0) is 12.5 Å². The number of ether oxygens (including phenoxy) is 3. The molecule has 0 aromatic rings. The minimum absolute atomic E-state index is 0.0937. The molecule has 0 aromatic heterocycles. The predicted octanol–water partition coefficient (Wildman–Crippen LogP) is 0.865. The summed E-state index contributed by atoms with van der Waals surface area (Å²) in [6, 6.07) is 0. The topological polar surface area (TPSA) is 44.8 Å². The smallest absolute Gasteiger partial charge is 0.293 e. The molecule has 0 unspecified atom stereocenters. The zero-order valence-corrected chi connectivity index (χ0v) is 8.14. The second-order valence-electron chi connectivity index (χ2n) is 3.71. The van der Waals surface area contributed by atoms with E-state index in [1.807, 2.05) is 6.92 Å². The first-order chi connectivity index (χ1) is 6.72. The molecule has 78 valence electrons. The molecule has 1 aliphatic carbocycles. The fourth-order valence-electron chi connectivity index (χ4n) is 2.10. The molecule has 2 fully saturated rings. The van der Waals surface area contributed by atoms with Gasteiger partial charge in [-0.15, -0.1) is 0 Å². The highest BCUT2D eigenvalue weighted by atomic mass is 16.7. The first kappa shape index (κ1) is 9.68. The molecule has 2 rings (SSSR count). The van der Waals surface area contributed by atoms with Gasteiger partial charge < -0.3 is 14.2 Å². The van der Waals surface area contributed by atoms with Gasteiger partial charge in [0.05, 0.1) is 12.7 Å². The van der Waals surface area contributed by atoms with Gasteiger partial charge >= 0.3 is 0 Å². The van der Waals surface area contributed by atoms with Crippen LogP contribution in [0.1, 0.15) is 13.3 Å². The molecule has 4 atom stereocenters. The van der Waals surface area contributed by atoms with Crippen LogP contribution in [-0.4, -0.2) is 31.6 Å². The largest absolute Gasteiger partial charge is 0.460 e. The van der Waals surface area contributed by atoms with Crippen molar-refractivity contribution in [2.75, 3.05) is 6.61 Å². The molecule has 1 heterocycles. The van der Waals surface area contributed by atoms with Crippen molar-refractivity contribution in [3.8, 4) is 0 Å². The molecular formula is C10H14O4. The van der Waals surface area contributed by atoms with Crippen molar-refractivity contribution < 1.29 is 19.0 Å². The third kappa shape index (κ3) is 1.55. The van der Waals surface area contributed by atoms with Crippen molar-refractivity contribution in [2.24, 2.45) is 5.92 Å². The van der Waals surface area contributed by atoms with Crippen molar-refractivity contribution >= 4 is 6.47 Å². The molecule has 0 spiro atoms. The number of hydrogen-bond acceptors (Lipinski definition) is 4. The number of fused-ring (bicyclic) bond motifs is 1. The summed E-state index contributed by atoms with van der Waals surface area (Å²) < 4.78 is 15.9. The van der Waals surface area contributed by atoms with Crippen LogP contribution in [0.15, 0.2) is 12.2 Å². The average Bonchev–Trinajstić information content (AvgIpc) is 2.44. The van der Waals surface area contributed by atoms with E-state index in [0.717, 1.165) is 5.57 Å². The van der Waals surface area contributed by atoms with Crippen molar-refractivity contribution in [2.45, 2.75) is 31.8 Å². The molecule has 1 aliphatic heterocycles. The number of hydrogen-bond donors (Lipinski definition) is 0. The fourth-order valence-corrected chi connectivity index (χ4v) is 2.10. The van der Waals surface area contributed by atoms with Gasteiger partial charge in [-0.25, -0.2) is 0 Å². The van der Waals surface area contributed by atoms with E-state index in [-0.39, 0.29) is 24.4 Å². The molecule has 0 radical (unpaired) electrons. The fraction of sp³-hybridized carbons (Fsp3) is 0.700. The molecule has 1 saturated carbocycles. The van der Waals surface area contributed by atoms with Gasteiger partial charge in [0.15, 0.2) is 6.29 Å². The summed E-state index contributed by atoms with van der Waals surface area (Å²) in [6.45, 7) is 6.87. The first-order valence-corrected chi connectivity index (χ1v) is 4.77. The highest BCUT2D eigenvalue weighted by molar-refractivity contribution is 5.39. The van der Waals surface area contributed by atoms with Crippen molar-refractivity contribution in [1.82, 2.24) is 0 Å². The molecule has 1 saturated heterocycles. The minimum Gasteiger partial charge on any atom is -0.460 e. The lowest BCUT2D eigenvalue weighted by Gasteiger charge is -2.30. The van der Waals surface area contributed by atoms with Crippen LogP contribution < -0.4 is 0 Å². The summed E-state index contributed by atoms with van der Waals surface area (Å²) in [5, 5.41) is 0. The van der Waals surface area contributed by atoms with E-state index in [4.69, 9.17) is 14.2 Å². The first-order valence-electron chi connectivity index (χ1n) is 4.77. The lowest BCUT2D eigenvalue weighted by atomic mass is 10.0. The zero-order chi connectivity index (χ0) is 10.1. The molecular weight excluding hydrogens is 184 g/mol. The van der Waals surface area contributed by atoms with Crippen LogP contribution in [0.2, 0.25) is 0 Å². The SMILES string of the molecule is C=C1[C@H](OC=O)C[C@@H]2O[C@H](C)OC[C@@H]12. The molecule has 2 aliphatic rings. The molecule has 4 heteroatoms. The number of rotatable bonds is 2. The third-order valence-electron chi connectivity index (χ3n) is 2.88. The Labute approximate surface area is 82.8 Å². The number of carbonyl (C=O) groups is 1. The Kier molecular flexibility index (Phi) is 2.56. The van der Waals surface area contributed by atoms with Crippen molar-refractivity contribution in [3.05, 3.63) is 12.2 Å². The highest BCUT2D eigenvalue weighted by Crippen LogP contribution is 2.37. The Morgan fingerprint density at radius 3 is 3.14 bits per heavy atom.